The average Bonchev–Trinajstić information content (AvgIpc) is 3.52. The van der Waals surface area contributed by atoms with Crippen LogP contribution >= 0.6 is 0 Å². The van der Waals surface area contributed by atoms with Crippen molar-refractivity contribution in [1.29, 1.82) is 0 Å². The van der Waals surface area contributed by atoms with Crippen LogP contribution in [0.3, 0.4) is 0 Å². The third-order valence-electron chi connectivity index (χ3n) is 13.3. The number of methoxy groups -OCH3 is 1. The van der Waals surface area contributed by atoms with Gasteiger partial charge in [0.2, 0.25) is 5.95 Å². The Kier molecular flexibility index (Phi) is 18.2. The number of rotatable bonds is 20. The van der Waals surface area contributed by atoms with Gasteiger partial charge in [0.1, 0.15) is 23.8 Å². The fraction of sp³-hybridized carbons (Fsp3) is 0.520. The van der Waals surface area contributed by atoms with Crippen LogP contribution in [0.25, 0.3) is 5.70 Å². The number of alkyl halides is 5. The van der Waals surface area contributed by atoms with E-state index in [-0.39, 0.29) is 30.8 Å². The van der Waals surface area contributed by atoms with E-state index in [1.54, 1.807) is 50.8 Å². The number of aromatic nitrogens is 2. The van der Waals surface area contributed by atoms with E-state index in [4.69, 9.17) is 10.5 Å². The largest absolute Gasteiger partial charge is 0.460 e. The molecule has 3 aromatic rings. The second kappa shape index (κ2) is 23.9. The number of nitrogens with two attached hydrogens (primary N) is 1. The minimum Gasteiger partial charge on any atom is -0.460 e. The van der Waals surface area contributed by atoms with Crippen molar-refractivity contribution >= 4 is 35.7 Å². The zero-order valence-corrected chi connectivity index (χ0v) is 40.2. The van der Waals surface area contributed by atoms with Gasteiger partial charge in [-0.05, 0) is 96.0 Å². The van der Waals surface area contributed by atoms with Gasteiger partial charge < -0.3 is 30.7 Å². The van der Waals surface area contributed by atoms with Gasteiger partial charge >= 0.3 is 24.8 Å². The van der Waals surface area contributed by atoms with Gasteiger partial charge in [0, 0.05) is 97.6 Å². The summed E-state index contributed by atoms with van der Waals surface area (Å²) in [6.07, 6.45) is 2.91. The normalized spacial score (nSPS) is 19.0. The lowest BCUT2D eigenvalue weighted by Gasteiger charge is -2.48. The van der Waals surface area contributed by atoms with Crippen molar-refractivity contribution in [3.05, 3.63) is 94.3 Å². The molecule has 0 spiro atoms. The number of hydrogen-bond donors (Lipinski definition) is 3. The Bertz CT molecular complexity index is 2420. The molecule has 5 atom stereocenters. The highest BCUT2D eigenvalue weighted by atomic mass is 19.4. The maximum Gasteiger partial charge on any atom is 0.407 e. The number of anilines is 1. The van der Waals surface area contributed by atoms with Crippen LogP contribution in [0.5, 0.6) is 0 Å². The highest BCUT2D eigenvalue weighted by Gasteiger charge is 2.55. The van der Waals surface area contributed by atoms with Crippen LogP contribution in [0.4, 0.5) is 41.5 Å². The van der Waals surface area contributed by atoms with E-state index in [1.165, 1.54) is 37.0 Å². The van der Waals surface area contributed by atoms with Crippen LogP contribution in [-0.2, 0) is 32.0 Å². The molecular weight excluding hydrogens is 940 g/mol. The van der Waals surface area contributed by atoms with Crippen molar-refractivity contribution in [1.82, 2.24) is 30.4 Å². The number of amides is 1. The minimum absolute atomic E-state index is 0.0672. The summed E-state index contributed by atoms with van der Waals surface area (Å²) in [5.74, 6) is 1.77. The standard InChI is InChI=1S/C50H60F7N9O5/c1-49(2,50(55,56)57)45(63-48(69)70-5)42(67)22-34(43(71-44(68)29-64(3)4)26-59-25-38-39(51)20-33(21-40(38)52)41(58)17-18-60-46(53)54)19-31-12-9-30(10-13-31)11-14-32-23-61-47(62-24-32)65-27-36-15-16-37(28-65)66(36)35-7-6-8-35/h9-10,12-13,17-18,20-21,23-24,34-37,43,45-46,59H,6-8,15-16,19,22,25-29,58H2,1-5H3,(H,63,69)/t34-,36?,37?,43+,45-/m1/s1. The number of carbonyl (C=O) groups excluding carboxylic acids is 3. The number of Topliss-reactive ketones (excluding diaryl/α,β-unsaturated/α-hetero) is 1. The number of nitrogens with one attached hydrogen (secondary N) is 2. The Labute approximate surface area is 408 Å². The summed E-state index contributed by atoms with van der Waals surface area (Å²) in [6.45, 7) is -0.835. The van der Waals surface area contributed by atoms with Crippen molar-refractivity contribution in [3.8, 4) is 11.8 Å². The average molecular weight is 1000 g/mol. The second-order valence-corrected chi connectivity index (χ2v) is 19.0. The zero-order chi connectivity index (χ0) is 51.6. The van der Waals surface area contributed by atoms with Crippen molar-refractivity contribution in [2.75, 3.05) is 52.3 Å². The zero-order valence-electron chi connectivity index (χ0n) is 40.2. The quantitative estimate of drug-likeness (QED) is 0.0364. The lowest BCUT2D eigenvalue weighted by molar-refractivity contribution is -0.220. The van der Waals surface area contributed by atoms with Gasteiger partial charge in [0.15, 0.2) is 5.78 Å². The second-order valence-electron chi connectivity index (χ2n) is 19.0. The third kappa shape index (κ3) is 14.3. The number of piperazine rings is 1. The molecule has 1 saturated carbocycles. The fourth-order valence-electron chi connectivity index (χ4n) is 9.15. The molecule has 2 aromatic carbocycles. The Morgan fingerprint density at radius 1 is 0.958 bits per heavy atom. The molecule has 71 heavy (non-hydrogen) atoms. The van der Waals surface area contributed by atoms with Gasteiger partial charge in [-0.15, -0.1) is 0 Å². The highest BCUT2D eigenvalue weighted by Crippen LogP contribution is 2.42. The smallest absolute Gasteiger partial charge is 0.407 e. The molecule has 6 rings (SSSR count). The van der Waals surface area contributed by atoms with Crippen molar-refractivity contribution < 1.29 is 54.6 Å². The third-order valence-corrected chi connectivity index (χ3v) is 13.3. The number of allylic oxidation sites excluding steroid dienone is 1. The molecule has 3 aliphatic rings. The van der Waals surface area contributed by atoms with E-state index in [2.05, 4.69) is 46.7 Å². The number of ketones is 1. The Morgan fingerprint density at radius 2 is 1.58 bits per heavy atom. The molecule has 3 fully saturated rings. The first-order chi connectivity index (χ1) is 33.6. The summed E-state index contributed by atoms with van der Waals surface area (Å²) < 4.78 is 110. The molecule has 21 heteroatoms. The number of halogens is 7. The Morgan fingerprint density at radius 3 is 2.13 bits per heavy atom. The van der Waals surface area contributed by atoms with Gasteiger partial charge in [-0.2, -0.15) is 22.0 Å². The van der Waals surface area contributed by atoms with E-state index in [1.807, 2.05) is 5.32 Å². The maximum atomic E-state index is 15.4. The van der Waals surface area contributed by atoms with E-state index in [0.717, 1.165) is 52.3 Å². The van der Waals surface area contributed by atoms with Crippen LogP contribution in [0.2, 0.25) is 0 Å². The SMILES string of the molecule is COC(=O)N[C@H](C(=O)C[C@@H](Cc1ccc(C#Cc2cnc(N3CC4CCC(C3)N4C3CCC3)nc2)cc1)[C@H](CNCc1c(F)cc(C(N)=CC=NC(F)F)cc1F)OC(=O)CN(C)C)C(C)(C)C(F)(F)F. The maximum absolute atomic E-state index is 15.4. The minimum atomic E-state index is -4.98. The molecule has 2 aliphatic heterocycles. The van der Waals surface area contributed by atoms with Crippen LogP contribution < -0.4 is 21.3 Å². The van der Waals surface area contributed by atoms with Crippen molar-refractivity contribution in [2.24, 2.45) is 22.1 Å². The molecule has 0 radical (unpaired) electrons. The van der Waals surface area contributed by atoms with Crippen LogP contribution in [0.1, 0.15) is 80.2 Å². The van der Waals surface area contributed by atoms with E-state index in [9.17, 15) is 36.3 Å². The first-order valence-electron chi connectivity index (χ1n) is 23.3. The Balaban J connectivity index is 1.23. The van der Waals surface area contributed by atoms with Crippen molar-refractivity contribution in [3.63, 3.8) is 0 Å². The van der Waals surface area contributed by atoms with Crippen LogP contribution in [0.15, 0.2) is 59.9 Å². The highest BCUT2D eigenvalue weighted by molar-refractivity contribution is 5.88. The summed E-state index contributed by atoms with van der Waals surface area (Å²) >= 11 is 0. The molecular formula is C50H60F7N9O5. The first-order valence-corrected chi connectivity index (χ1v) is 23.3. The van der Waals surface area contributed by atoms with Gasteiger partial charge in [-0.25, -0.2) is 28.5 Å². The van der Waals surface area contributed by atoms with Crippen LogP contribution in [0, 0.1) is 34.8 Å². The van der Waals surface area contributed by atoms with E-state index >= 15 is 8.78 Å². The summed E-state index contributed by atoms with van der Waals surface area (Å²) in [6, 6.07) is 8.14. The van der Waals surface area contributed by atoms with Crippen LogP contribution in [-0.4, -0.2) is 134 Å². The monoisotopic (exact) mass is 999 g/mol. The number of likely N-dealkylation sites (N-methyl/N-ethyl adjacent to an activating group) is 1. The molecule has 4 N–H and O–H groups in total. The number of aliphatic imine (C=N–C) groups is 1. The topological polar surface area (TPSA) is 168 Å². The Hall–Kier alpha value is -6.11. The molecule has 1 aliphatic carbocycles. The summed E-state index contributed by atoms with van der Waals surface area (Å²) in [7, 11) is 4.12. The molecule has 14 nitrogen and oxygen atoms in total. The number of alkyl carbamates (subject to hydrolysis) is 1. The number of carbonyl (C=O) groups is 3. The summed E-state index contributed by atoms with van der Waals surface area (Å²) in [4.78, 5) is 58.4. The van der Waals surface area contributed by atoms with Gasteiger partial charge in [-0.3, -0.25) is 19.4 Å². The van der Waals surface area contributed by atoms with E-state index in [0.29, 0.717) is 47.0 Å². The van der Waals surface area contributed by atoms with Crippen molar-refractivity contribution in [2.45, 2.75) is 108 Å². The number of hydrogen-bond acceptors (Lipinski definition) is 13. The number of benzene rings is 2. The predicted octanol–water partition coefficient (Wildman–Crippen LogP) is 6.65. The number of nitrogens with zero attached hydrogens (tertiary/aromatic N) is 6. The molecule has 2 unspecified atom stereocenters. The molecule has 1 aromatic heterocycles. The fourth-order valence-corrected chi connectivity index (χ4v) is 9.15. The molecule has 2 bridgehead atoms. The van der Waals surface area contributed by atoms with Gasteiger partial charge in [-0.1, -0.05) is 30.4 Å². The summed E-state index contributed by atoms with van der Waals surface area (Å²) in [5, 5.41) is 4.88. The molecule has 2 saturated heterocycles. The molecule has 3 heterocycles. The summed E-state index contributed by atoms with van der Waals surface area (Å²) in [5.41, 5.74) is 3.86. The lowest BCUT2D eigenvalue weighted by atomic mass is 9.77. The first kappa shape index (κ1) is 54.2. The van der Waals surface area contributed by atoms with Gasteiger partial charge in [0.25, 0.3) is 0 Å². The molecule has 1 amide bonds. The van der Waals surface area contributed by atoms with Gasteiger partial charge in [0.05, 0.1) is 24.6 Å². The predicted molar refractivity (Wildman–Crippen MR) is 252 cm³/mol. The number of esters is 1. The van der Waals surface area contributed by atoms with E-state index < -0.39 is 84.2 Å². The lowest BCUT2D eigenvalue weighted by Crippen LogP contribution is -2.59. The number of fused-ring (bicyclic) bond motifs is 2. The molecule has 384 valence electrons. The number of ether oxygens (including phenoxy) is 2.